The van der Waals surface area contributed by atoms with Crippen LogP contribution in [0.5, 0.6) is 0 Å². The van der Waals surface area contributed by atoms with Gasteiger partial charge in [-0.2, -0.15) is 0 Å². The minimum Gasteiger partial charge on any atom is -0.462 e. The van der Waals surface area contributed by atoms with Gasteiger partial charge in [0.25, 0.3) is 0 Å². The van der Waals surface area contributed by atoms with Crippen LogP contribution in [0.1, 0.15) is 23.7 Å². The summed E-state index contributed by atoms with van der Waals surface area (Å²) in [5.41, 5.74) is 0.921. The fourth-order valence-corrected chi connectivity index (χ4v) is 2.64. The molecule has 1 heterocycles. The molecular formula is C13H13BrClNO3. The average molecular weight is 347 g/mol. The molecule has 4 nitrogen and oxygen atoms in total. The number of hydrogen-bond acceptors (Lipinski definition) is 3. The number of anilines is 1. The van der Waals surface area contributed by atoms with E-state index in [1.54, 1.807) is 25.1 Å². The minimum atomic E-state index is -0.440. The molecule has 1 aliphatic heterocycles. The summed E-state index contributed by atoms with van der Waals surface area (Å²) in [6, 6.07) is 5.16. The largest absolute Gasteiger partial charge is 0.462 e. The highest BCUT2D eigenvalue weighted by molar-refractivity contribution is 9.10. The Labute approximate surface area is 124 Å². The van der Waals surface area contributed by atoms with E-state index in [0.29, 0.717) is 24.2 Å². The Morgan fingerprint density at radius 3 is 2.89 bits per heavy atom. The second-order valence-corrected chi connectivity index (χ2v) is 5.72. The maximum atomic E-state index is 11.9. The van der Waals surface area contributed by atoms with Crippen molar-refractivity contribution in [1.29, 1.82) is 0 Å². The second-order valence-electron chi connectivity index (χ2n) is 4.19. The van der Waals surface area contributed by atoms with Gasteiger partial charge in [0, 0.05) is 17.4 Å². The third-order valence-corrected chi connectivity index (χ3v) is 3.61. The lowest BCUT2D eigenvalue weighted by Gasteiger charge is -2.19. The van der Waals surface area contributed by atoms with E-state index in [4.69, 9.17) is 16.3 Å². The van der Waals surface area contributed by atoms with Gasteiger partial charge in [0.2, 0.25) is 5.91 Å². The zero-order valence-corrected chi connectivity index (χ0v) is 12.7. The van der Waals surface area contributed by atoms with Crippen LogP contribution in [0.3, 0.4) is 0 Å². The molecule has 102 valence electrons. The van der Waals surface area contributed by atoms with Gasteiger partial charge in [-0.3, -0.25) is 4.79 Å². The Morgan fingerprint density at radius 1 is 1.58 bits per heavy atom. The Hall–Kier alpha value is -1.07. The number of esters is 1. The van der Waals surface area contributed by atoms with Crippen molar-refractivity contribution < 1.29 is 14.3 Å². The number of nitrogens with zero attached hydrogens (tertiary/aromatic N) is 1. The molecule has 1 aliphatic rings. The van der Waals surface area contributed by atoms with E-state index in [1.165, 1.54) is 4.90 Å². The molecule has 19 heavy (non-hydrogen) atoms. The molecule has 1 atom stereocenters. The highest BCUT2D eigenvalue weighted by atomic mass is 79.9. The highest BCUT2D eigenvalue weighted by Crippen LogP contribution is 2.30. The Morgan fingerprint density at radius 2 is 2.32 bits per heavy atom. The van der Waals surface area contributed by atoms with Crippen LogP contribution in [0.25, 0.3) is 0 Å². The van der Waals surface area contributed by atoms with Gasteiger partial charge < -0.3 is 9.64 Å². The number of hydrogen-bond donors (Lipinski definition) is 0. The van der Waals surface area contributed by atoms with Gasteiger partial charge in [-0.1, -0.05) is 15.9 Å². The molecule has 0 spiro atoms. The van der Waals surface area contributed by atoms with Crippen molar-refractivity contribution >= 4 is 45.1 Å². The average Bonchev–Trinajstić information content (AvgIpc) is 2.68. The van der Waals surface area contributed by atoms with Crippen LogP contribution in [0.2, 0.25) is 0 Å². The van der Waals surface area contributed by atoms with Gasteiger partial charge in [-0.05, 0) is 25.1 Å². The van der Waals surface area contributed by atoms with E-state index < -0.39 is 5.97 Å². The van der Waals surface area contributed by atoms with E-state index in [2.05, 4.69) is 15.9 Å². The van der Waals surface area contributed by atoms with Crippen LogP contribution in [-0.4, -0.2) is 30.4 Å². The lowest BCUT2D eigenvalue weighted by atomic mass is 10.1. The van der Waals surface area contributed by atoms with Crippen LogP contribution in [0.15, 0.2) is 22.7 Å². The van der Waals surface area contributed by atoms with Crippen molar-refractivity contribution in [1.82, 2.24) is 0 Å². The van der Waals surface area contributed by atoms with Crippen molar-refractivity contribution in [2.75, 3.05) is 18.1 Å². The number of rotatable bonds is 3. The van der Waals surface area contributed by atoms with E-state index >= 15 is 0 Å². The summed E-state index contributed by atoms with van der Waals surface area (Å²) in [5, 5.41) is -0.216. The minimum absolute atomic E-state index is 0.0760. The molecule has 1 unspecified atom stereocenters. The fourth-order valence-electron chi connectivity index (χ4n) is 2.01. The summed E-state index contributed by atoms with van der Waals surface area (Å²) in [5.74, 6) is -0.516. The Bertz CT molecular complexity index is 521. The first kappa shape index (κ1) is 14.3. The predicted molar refractivity (Wildman–Crippen MR) is 76.7 cm³/mol. The first-order valence-electron chi connectivity index (χ1n) is 5.94. The summed E-state index contributed by atoms with van der Waals surface area (Å²) < 4.78 is 5.77. The van der Waals surface area contributed by atoms with Gasteiger partial charge in [0.05, 0.1) is 23.2 Å². The lowest BCUT2D eigenvalue weighted by Crippen LogP contribution is -2.27. The molecule has 1 aromatic carbocycles. The lowest BCUT2D eigenvalue weighted by molar-refractivity contribution is -0.117. The van der Waals surface area contributed by atoms with Crippen LogP contribution < -0.4 is 4.90 Å². The third-order valence-electron chi connectivity index (χ3n) is 2.82. The zero-order chi connectivity index (χ0) is 14.0. The van der Waals surface area contributed by atoms with E-state index in [0.717, 1.165) is 4.47 Å². The topological polar surface area (TPSA) is 46.6 Å². The quantitative estimate of drug-likeness (QED) is 0.624. The maximum absolute atomic E-state index is 11.9. The molecule has 0 radical (unpaired) electrons. The highest BCUT2D eigenvalue weighted by Gasteiger charge is 2.31. The van der Waals surface area contributed by atoms with Crippen LogP contribution in [0.4, 0.5) is 5.69 Å². The van der Waals surface area contributed by atoms with Crippen molar-refractivity contribution in [3.8, 4) is 0 Å². The van der Waals surface area contributed by atoms with E-state index in [9.17, 15) is 9.59 Å². The molecule has 1 fully saturated rings. The number of carbonyl (C=O) groups excluding carboxylic acids is 2. The molecule has 6 heteroatoms. The summed E-state index contributed by atoms with van der Waals surface area (Å²) in [7, 11) is 0. The van der Waals surface area contributed by atoms with Gasteiger partial charge in [-0.15, -0.1) is 11.6 Å². The molecule has 0 N–H and O–H groups in total. The molecule has 0 bridgehead atoms. The number of ether oxygens (including phenoxy) is 1. The predicted octanol–water partition coefficient (Wildman–Crippen LogP) is 2.97. The van der Waals surface area contributed by atoms with Crippen molar-refractivity contribution in [2.24, 2.45) is 0 Å². The summed E-state index contributed by atoms with van der Waals surface area (Å²) in [6.45, 7) is 2.44. The van der Waals surface area contributed by atoms with Crippen LogP contribution in [-0.2, 0) is 9.53 Å². The second kappa shape index (κ2) is 5.92. The maximum Gasteiger partial charge on any atom is 0.340 e. The number of carbonyl (C=O) groups is 2. The number of benzene rings is 1. The number of amides is 1. The third kappa shape index (κ3) is 3.09. The molecule has 0 aromatic heterocycles. The summed E-state index contributed by atoms with van der Waals surface area (Å²) in [4.78, 5) is 25.4. The smallest absolute Gasteiger partial charge is 0.340 e. The number of alkyl halides is 1. The van der Waals surface area contributed by atoms with Gasteiger partial charge in [0.1, 0.15) is 0 Å². The molecule has 0 aliphatic carbocycles. The van der Waals surface area contributed by atoms with Crippen molar-refractivity contribution in [3.63, 3.8) is 0 Å². The van der Waals surface area contributed by atoms with Gasteiger partial charge in [0.15, 0.2) is 0 Å². The molecule has 0 saturated carbocycles. The number of halogens is 2. The van der Waals surface area contributed by atoms with E-state index in [1.807, 2.05) is 0 Å². The monoisotopic (exact) mass is 345 g/mol. The van der Waals surface area contributed by atoms with Gasteiger partial charge >= 0.3 is 5.97 Å². The van der Waals surface area contributed by atoms with Crippen molar-refractivity contribution in [3.05, 3.63) is 28.2 Å². The van der Waals surface area contributed by atoms with Crippen molar-refractivity contribution in [2.45, 2.75) is 18.7 Å². The summed E-state index contributed by atoms with van der Waals surface area (Å²) >= 11 is 9.30. The normalized spacial score (nSPS) is 18.8. The Balaban J connectivity index is 2.39. The van der Waals surface area contributed by atoms with Gasteiger partial charge in [-0.25, -0.2) is 4.79 Å². The first-order chi connectivity index (χ1) is 9.02. The fraction of sp³-hybridized carbons (Fsp3) is 0.385. The molecule has 2 rings (SSSR count). The summed E-state index contributed by atoms with van der Waals surface area (Å²) in [6.07, 6.45) is 0.292. The molecule has 1 aromatic rings. The SMILES string of the molecule is CCOC(=O)c1cc(Br)ccc1N1CC(Cl)CC1=O. The Kier molecular flexibility index (Phi) is 4.47. The molecular weight excluding hydrogens is 334 g/mol. The molecule has 1 amide bonds. The van der Waals surface area contributed by atoms with Crippen LogP contribution in [0, 0.1) is 0 Å². The first-order valence-corrected chi connectivity index (χ1v) is 7.17. The molecule has 1 saturated heterocycles. The van der Waals surface area contributed by atoms with E-state index in [-0.39, 0.29) is 17.9 Å². The standard InChI is InChI=1S/C13H13BrClNO3/c1-2-19-13(18)10-5-8(14)3-4-11(10)16-7-9(15)6-12(16)17/h3-5,9H,2,6-7H2,1H3. The van der Waals surface area contributed by atoms with Crippen LogP contribution >= 0.6 is 27.5 Å². The zero-order valence-electron chi connectivity index (χ0n) is 10.4.